The van der Waals surface area contributed by atoms with Crippen molar-refractivity contribution in [1.82, 2.24) is 10.2 Å². The van der Waals surface area contributed by atoms with E-state index in [1.54, 1.807) is 0 Å². The van der Waals surface area contributed by atoms with Gasteiger partial charge in [0.1, 0.15) is 0 Å². The number of carbonyl (C=O) groups is 1. The van der Waals surface area contributed by atoms with Gasteiger partial charge >= 0.3 is 6.03 Å². The quantitative estimate of drug-likeness (QED) is 0.824. The number of hydrogen-bond acceptors (Lipinski definition) is 4. The molecule has 0 aromatic heterocycles. The molecular formula is C19H27N3O3. The lowest BCUT2D eigenvalue weighted by atomic mass is 10.0. The van der Waals surface area contributed by atoms with E-state index in [1.807, 2.05) is 25.1 Å². The summed E-state index contributed by atoms with van der Waals surface area (Å²) in [6, 6.07) is 5.53. The third-order valence-electron chi connectivity index (χ3n) is 4.42. The molecule has 1 fully saturated rings. The Bertz CT molecular complexity index is 624. The molecule has 2 heterocycles. The topological polar surface area (TPSA) is 62.8 Å². The molecule has 0 unspecified atom stereocenters. The van der Waals surface area contributed by atoms with Crippen LogP contribution >= 0.6 is 0 Å². The summed E-state index contributed by atoms with van der Waals surface area (Å²) >= 11 is 0. The molecule has 0 radical (unpaired) electrons. The lowest BCUT2D eigenvalue weighted by molar-refractivity contribution is 0.207. The van der Waals surface area contributed by atoms with Gasteiger partial charge in [0, 0.05) is 43.9 Å². The fourth-order valence-electron chi connectivity index (χ4n) is 3.21. The van der Waals surface area contributed by atoms with Gasteiger partial charge in [-0.15, -0.1) is 0 Å². The largest absolute Gasteiger partial charge is 0.490 e. The van der Waals surface area contributed by atoms with Crippen LogP contribution < -0.4 is 20.1 Å². The minimum absolute atomic E-state index is 0.173. The minimum atomic E-state index is -0.173. The lowest BCUT2D eigenvalue weighted by Crippen LogP contribution is -2.46. The van der Waals surface area contributed by atoms with Crippen LogP contribution in [-0.2, 0) is 0 Å². The van der Waals surface area contributed by atoms with Crippen molar-refractivity contribution in [2.45, 2.75) is 32.2 Å². The molecular weight excluding hydrogens is 318 g/mol. The Morgan fingerprint density at radius 1 is 1.24 bits per heavy atom. The Kier molecular flexibility index (Phi) is 5.81. The molecule has 1 saturated heterocycles. The van der Waals surface area contributed by atoms with E-state index in [4.69, 9.17) is 9.47 Å². The Hall–Kier alpha value is -2.21. The second-order valence-electron chi connectivity index (χ2n) is 6.82. The van der Waals surface area contributed by atoms with Gasteiger partial charge in [0.15, 0.2) is 11.5 Å². The van der Waals surface area contributed by atoms with Crippen LogP contribution in [-0.4, -0.2) is 49.8 Å². The van der Waals surface area contributed by atoms with Gasteiger partial charge in [-0.2, -0.15) is 0 Å². The maximum absolute atomic E-state index is 12.3. The molecule has 0 saturated carbocycles. The number of carbonyl (C=O) groups excluding carboxylic acids is 1. The maximum atomic E-state index is 12.3. The molecule has 136 valence electrons. The number of rotatable bonds is 4. The summed E-state index contributed by atoms with van der Waals surface area (Å²) in [6.45, 7) is 10.2. The van der Waals surface area contributed by atoms with Crippen molar-refractivity contribution in [3.05, 3.63) is 30.4 Å². The summed E-state index contributed by atoms with van der Waals surface area (Å²) in [6.07, 6.45) is 2.78. The molecule has 25 heavy (non-hydrogen) atoms. The fourth-order valence-corrected chi connectivity index (χ4v) is 3.21. The maximum Gasteiger partial charge on any atom is 0.319 e. The Balaban J connectivity index is 1.48. The highest BCUT2D eigenvalue weighted by atomic mass is 16.5. The highest BCUT2D eigenvalue weighted by Crippen LogP contribution is 2.32. The number of benzene rings is 1. The SMILES string of the molecule is C=C(C)CN1CCC(NC(=O)Nc2ccc3c(c2)OCCCO3)CC1. The summed E-state index contributed by atoms with van der Waals surface area (Å²) in [7, 11) is 0. The minimum Gasteiger partial charge on any atom is -0.490 e. The highest BCUT2D eigenvalue weighted by molar-refractivity contribution is 5.89. The normalized spacial score (nSPS) is 18.3. The predicted octanol–water partition coefficient (Wildman–Crippen LogP) is 3.01. The predicted molar refractivity (Wildman–Crippen MR) is 98.5 cm³/mol. The molecule has 6 nitrogen and oxygen atoms in total. The molecule has 0 atom stereocenters. The second-order valence-corrected chi connectivity index (χ2v) is 6.82. The first-order valence-corrected chi connectivity index (χ1v) is 8.94. The summed E-state index contributed by atoms with van der Waals surface area (Å²) < 4.78 is 11.3. The van der Waals surface area contributed by atoms with E-state index in [0.717, 1.165) is 44.6 Å². The molecule has 1 aromatic carbocycles. The Morgan fingerprint density at radius 3 is 2.68 bits per heavy atom. The van der Waals surface area contributed by atoms with E-state index in [1.165, 1.54) is 5.57 Å². The van der Waals surface area contributed by atoms with Gasteiger partial charge in [-0.3, -0.25) is 4.90 Å². The van der Waals surface area contributed by atoms with Crippen LogP contribution in [0.15, 0.2) is 30.4 Å². The van der Waals surface area contributed by atoms with Crippen LogP contribution in [0.3, 0.4) is 0 Å². The summed E-state index contributed by atoms with van der Waals surface area (Å²) in [5.74, 6) is 1.41. The Labute approximate surface area is 149 Å². The van der Waals surface area contributed by atoms with E-state index >= 15 is 0 Å². The van der Waals surface area contributed by atoms with E-state index in [2.05, 4.69) is 22.1 Å². The molecule has 6 heteroatoms. The molecule has 0 aliphatic carbocycles. The van der Waals surface area contributed by atoms with Crippen LogP contribution in [0.4, 0.5) is 10.5 Å². The number of piperidine rings is 1. The molecule has 2 aliphatic heterocycles. The van der Waals surface area contributed by atoms with Crippen LogP contribution in [0.2, 0.25) is 0 Å². The third kappa shape index (κ3) is 5.13. The number of hydrogen-bond donors (Lipinski definition) is 2. The molecule has 2 N–H and O–H groups in total. The second kappa shape index (κ2) is 8.25. The van der Waals surface area contributed by atoms with Gasteiger partial charge < -0.3 is 20.1 Å². The number of urea groups is 1. The fraction of sp³-hybridized carbons (Fsp3) is 0.526. The molecule has 0 spiro atoms. The zero-order valence-electron chi connectivity index (χ0n) is 14.8. The summed E-state index contributed by atoms with van der Waals surface area (Å²) in [4.78, 5) is 14.6. The zero-order chi connectivity index (χ0) is 17.6. The van der Waals surface area contributed by atoms with Gasteiger partial charge in [-0.25, -0.2) is 4.79 Å². The summed E-state index contributed by atoms with van der Waals surface area (Å²) in [5.41, 5.74) is 1.89. The monoisotopic (exact) mass is 345 g/mol. The first kappa shape index (κ1) is 17.6. The number of ether oxygens (including phenoxy) is 2. The third-order valence-corrected chi connectivity index (χ3v) is 4.42. The van der Waals surface area contributed by atoms with Crippen molar-refractivity contribution in [3.63, 3.8) is 0 Å². The van der Waals surface area contributed by atoms with Crippen molar-refractivity contribution >= 4 is 11.7 Å². The first-order valence-electron chi connectivity index (χ1n) is 8.94. The van der Waals surface area contributed by atoms with Crippen LogP contribution in [0.1, 0.15) is 26.2 Å². The van der Waals surface area contributed by atoms with E-state index < -0.39 is 0 Å². The van der Waals surface area contributed by atoms with Crippen molar-refractivity contribution < 1.29 is 14.3 Å². The smallest absolute Gasteiger partial charge is 0.319 e. The number of nitrogens with one attached hydrogen (secondary N) is 2. The van der Waals surface area contributed by atoms with Crippen LogP contribution in [0.5, 0.6) is 11.5 Å². The summed E-state index contributed by atoms with van der Waals surface area (Å²) in [5, 5.41) is 5.95. The van der Waals surface area contributed by atoms with Gasteiger partial charge in [0.05, 0.1) is 13.2 Å². The first-order chi connectivity index (χ1) is 12.1. The molecule has 0 bridgehead atoms. The van der Waals surface area contributed by atoms with Gasteiger partial charge in [0.2, 0.25) is 0 Å². The Morgan fingerprint density at radius 2 is 1.96 bits per heavy atom. The average Bonchev–Trinajstić information content (AvgIpc) is 2.81. The van der Waals surface area contributed by atoms with Crippen molar-refractivity contribution in [3.8, 4) is 11.5 Å². The highest BCUT2D eigenvalue weighted by Gasteiger charge is 2.20. The van der Waals surface area contributed by atoms with E-state index in [0.29, 0.717) is 24.7 Å². The van der Waals surface area contributed by atoms with Crippen molar-refractivity contribution in [2.75, 3.05) is 38.2 Å². The molecule has 2 aliphatic rings. The number of nitrogens with zero attached hydrogens (tertiary/aromatic N) is 1. The lowest BCUT2D eigenvalue weighted by Gasteiger charge is -2.32. The van der Waals surface area contributed by atoms with E-state index in [9.17, 15) is 4.79 Å². The number of fused-ring (bicyclic) bond motifs is 1. The van der Waals surface area contributed by atoms with Gasteiger partial charge in [-0.05, 0) is 31.9 Å². The standard InChI is InChI=1S/C19H27N3O3/c1-14(2)13-22-8-6-15(7-9-22)20-19(23)21-16-4-5-17-18(12-16)25-11-3-10-24-17/h4-5,12,15H,1,3,6-11,13H2,2H3,(H2,20,21,23). The van der Waals surface area contributed by atoms with Crippen molar-refractivity contribution in [2.24, 2.45) is 0 Å². The van der Waals surface area contributed by atoms with E-state index in [-0.39, 0.29) is 12.1 Å². The number of amides is 2. The zero-order valence-corrected chi connectivity index (χ0v) is 14.8. The van der Waals surface area contributed by atoms with Crippen LogP contribution in [0.25, 0.3) is 0 Å². The van der Waals surface area contributed by atoms with Gasteiger partial charge in [0.25, 0.3) is 0 Å². The molecule has 2 amide bonds. The molecule has 3 rings (SSSR count). The van der Waals surface area contributed by atoms with Gasteiger partial charge in [-0.1, -0.05) is 12.2 Å². The average molecular weight is 345 g/mol. The number of anilines is 1. The van der Waals surface area contributed by atoms with Crippen molar-refractivity contribution in [1.29, 1.82) is 0 Å². The van der Waals surface area contributed by atoms with Crippen LogP contribution in [0, 0.1) is 0 Å². The molecule has 1 aromatic rings. The number of likely N-dealkylation sites (tertiary alicyclic amines) is 1.